The first kappa shape index (κ1) is 16.5. The molecule has 0 spiro atoms. The van der Waals surface area contributed by atoms with Crippen molar-refractivity contribution in [2.45, 2.75) is 19.6 Å². The van der Waals surface area contributed by atoms with Gasteiger partial charge in [0.15, 0.2) is 0 Å². The highest BCUT2D eigenvalue weighted by Crippen LogP contribution is 2.26. The highest BCUT2D eigenvalue weighted by molar-refractivity contribution is 5.38. The van der Waals surface area contributed by atoms with Crippen molar-refractivity contribution in [3.05, 3.63) is 61.9 Å². The van der Waals surface area contributed by atoms with E-state index in [2.05, 4.69) is 0 Å². The van der Waals surface area contributed by atoms with Gasteiger partial charge >= 0.3 is 5.69 Å². The first-order valence-electron chi connectivity index (χ1n) is 6.92. The second-order valence-corrected chi connectivity index (χ2v) is 5.23. The van der Waals surface area contributed by atoms with Gasteiger partial charge in [-0.15, -0.1) is 0 Å². The Morgan fingerprint density at radius 1 is 1.39 bits per heavy atom. The van der Waals surface area contributed by atoms with Gasteiger partial charge in [-0.05, 0) is 19.1 Å². The van der Waals surface area contributed by atoms with E-state index < -0.39 is 17.4 Å². The summed E-state index contributed by atoms with van der Waals surface area (Å²) in [6, 6.07) is 7.02. The molecule has 1 atom stereocenters. The standard InChI is InChI=1S/C16H17N3O4/c1-10-4-5-14(23-3)12(6-10)13(20)9-19-15(21)11(7-17)8-18(2)16(19)22/h4-6,8,13,20H,9H2,1-3H3/t13-/m1/s1. The van der Waals surface area contributed by atoms with Crippen LogP contribution in [-0.2, 0) is 13.6 Å². The summed E-state index contributed by atoms with van der Waals surface area (Å²) in [7, 11) is 2.92. The SMILES string of the molecule is COc1ccc(C)cc1[C@H](O)Cn1c(=O)c(C#N)cn(C)c1=O. The van der Waals surface area contributed by atoms with Crippen LogP contribution in [0.4, 0.5) is 0 Å². The molecule has 0 radical (unpaired) electrons. The first-order valence-corrected chi connectivity index (χ1v) is 6.92. The minimum absolute atomic E-state index is 0.157. The molecule has 7 heteroatoms. The number of methoxy groups -OCH3 is 1. The van der Waals surface area contributed by atoms with Crippen molar-refractivity contribution in [1.29, 1.82) is 5.26 Å². The predicted octanol–water partition coefficient (Wildman–Crippen LogP) is 0.469. The van der Waals surface area contributed by atoms with E-state index in [4.69, 9.17) is 10.00 Å². The monoisotopic (exact) mass is 315 g/mol. The summed E-state index contributed by atoms with van der Waals surface area (Å²) < 4.78 is 7.20. The summed E-state index contributed by atoms with van der Waals surface area (Å²) in [6.45, 7) is 1.60. The number of aromatic nitrogens is 2. The summed E-state index contributed by atoms with van der Waals surface area (Å²) >= 11 is 0. The van der Waals surface area contributed by atoms with Gasteiger partial charge in [0.2, 0.25) is 0 Å². The van der Waals surface area contributed by atoms with Gasteiger partial charge in [0, 0.05) is 18.8 Å². The molecule has 0 amide bonds. The molecule has 0 aliphatic carbocycles. The van der Waals surface area contributed by atoms with Crippen LogP contribution in [-0.4, -0.2) is 21.4 Å². The van der Waals surface area contributed by atoms with Crippen LogP contribution in [0.1, 0.15) is 22.8 Å². The molecule has 0 bridgehead atoms. The van der Waals surface area contributed by atoms with E-state index in [9.17, 15) is 14.7 Å². The van der Waals surface area contributed by atoms with Crippen LogP contribution in [0.2, 0.25) is 0 Å². The Hall–Kier alpha value is -2.85. The van der Waals surface area contributed by atoms with Gasteiger partial charge < -0.3 is 14.4 Å². The van der Waals surface area contributed by atoms with E-state index in [1.807, 2.05) is 13.0 Å². The lowest BCUT2D eigenvalue weighted by Gasteiger charge is -2.17. The maximum atomic E-state index is 12.1. The summed E-state index contributed by atoms with van der Waals surface area (Å²) in [5, 5.41) is 19.4. The van der Waals surface area contributed by atoms with Gasteiger partial charge in [-0.3, -0.25) is 9.36 Å². The molecular formula is C16H17N3O4. The molecule has 1 aromatic carbocycles. The average Bonchev–Trinajstić information content (AvgIpc) is 2.54. The van der Waals surface area contributed by atoms with Gasteiger partial charge in [-0.2, -0.15) is 5.26 Å². The molecule has 1 heterocycles. The van der Waals surface area contributed by atoms with Crippen LogP contribution in [0.3, 0.4) is 0 Å². The van der Waals surface area contributed by atoms with E-state index in [-0.39, 0.29) is 12.1 Å². The molecular weight excluding hydrogens is 298 g/mol. The number of ether oxygens (including phenoxy) is 1. The van der Waals surface area contributed by atoms with Crippen molar-refractivity contribution in [2.24, 2.45) is 7.05 Å². The van der Waals surface area contributed by atoms with Gasteiger partial charge in [-0.25, -0.2) is 4.79 Å². The average molecular weight is 315 g/mol. The Bertz CT molecular complexity index is 890. The summed E-state index contributed by atoms with van der Waals surface area (Å²) in [4.78, 5) is 24.3. The zero-order valence-electron chi connectivity index (χ0n) is 13.1. The molecule has 0 fully saturated rings. The van der Waals surface area contributed by atoms with Gasteiger partial charge in [-0.1, -0.05) is 11.6 Å². The number of nitrogens with zero attached hydrogens (tertiary/aromatic N) is 3. The number of hydrogen-bond acceptors (Lipinski definition) is 5. The van der Waals surface area contributed by atoms with Crippen molar-refractivity contribution >= 4 is 0 Å². The number of nitriles is 1. The molecule has 0 saturated heterocycles. The Balaban J connectivity index is 2.50. The fourth-order valence-electron chi connectivity index (χ4n) is 2.35. The van der Waals surface area contributed by atoms with Crippen molar-refractivity contribution in [2.75, 3.05) is 7.11 Å². The largest absolute Gasteiger partial charge is 0.496 e. The molecule has 7 nitrogen and oxygen atoms in total. The van der Waals surface area contributed by atoms with Crippen LogP contribution >= 0.6 is 0 Å². The number of aryl methyl sites for hydroxylation is 2. The predicted molar refractivity (Wildman–Crippen MR) is 83.3 cm³/mol. The third-order valence-corrected chi connectivity index (χ3v) is 3.55. The Kier molecular flexibility index (Phi) is 4.67. The van der Waals surface area contributed by atoms with E-state index in [1.165, 1.54) is 20.4 Å². The fourth-order valence-corrected chi connectivity index (χ4v) is 2.35. The minimum Gasteiger partial charge on any atom is -0.496 e. The summed E-state index contributed by atoms with van der Waals surface area (Å²) in [5.41, 5.74) is -0.0915. The Labute approximate surface area is 132 Å². The lowest BCUT2D eigenvalue weighted by atomic mass is 10.1. The van der Waals surface area contributed by atoms with Gasteiger partial charge in [0.1, 0.15) is 23.5 Å². The van der Waals surface area contributed by atoms with Crippen molar-refractivity contribution in [3.63, 3.8) is 0 Å². The molecule has 0 aliphatic rings. The summed E-state index contributed by atoms with van der Waals surface area (Å²) in [5.74, 6) is 0.462. The summed E-state index contributed by atoms with van der Waals surface area (Å²) in [6.07, 6.45) is 0.0602. The highest BCUT2D eigenvalue weighted by atomic mass is 16.5. The second-order valence-electron chi connectivity index (χ2n) is 5.23. The maximum Gasteiger partial charge on any atom is 0.330 e. The van der Waals surface area contributed by atoms with Crippen LogP contribution in [0, 0.1) is 18.3 Å². The van der Waals surface area contributed by atoms with E-state index in [0.29, 0.717) is 11.3 Å². The normalized spacial score (nSPS) is 11.8. The van der Waals surface area contributed by atoms with Crippen molar-refractivity contribution in [1.82, 2.24) is 9.13 Å². The smallest absolute Gasteiger partial charge is 0.330 e. The van der Waals surface area contributed by atoms with Crippen molar-refractivity contribution < 1.29 is 9.84 Å². The quantitative estimate of drug-likeness (QED) is 0.884. The zero-order chi connectivity index (χ0) is 17.1. The topological polar surface area (TPSA) is 97.2 Å². The second kappa shape index (κ2) is 6.50. The zero-order valence-corrected chi connectivity index (χ0v) is 13.1. The molecule has 0 saturated carbocycles. The maximum absolute atomic E-state index is 12.1. The minimum atomic E-state index is -1.12. The van der Waals surface area contributed by atoms with E-state index >= 15 is 0 Å². The third-order valence-electron chi connectivity index (χ3n) is 3.55. The molecule has 2 aromatic rings. The molecule has 0 unspecified atom stereocenters. The molecule has 1 aromatic heterocycles. The number of rotatable bonds is 4. The van der Waals surface area contributed by atoms with Crippen molar-refractivity contribution in [3.8, 4) is 11.8 Å². The van der Waals surface area contributed by atoms with Crippen LogP contribution in [0.15, 0.2) is 34.0 Å². The number of aliphatic hydroxyl groups is 1. The molecule has 120 valence electrons. The highest BCUT2D eigenvalue weighted by Gasteiger charge is 2.18. The lowest BCUT2D eigenvalue weighted by Crippen LogP contribution is -2.41. The number of benzene rings is 1. The third kappa shape index (κ3) is 3.17. The van der Waals surface area contributed by atoms with Crippen LogP contribution in [0.25, 0.3) is 0 Å². The molecule has 2 rings (SSSR count). The molecule has 1 N–H and O–H groups in total. The molecule has 23 heavy (non-hydrogen) atoms. The van der Waals surface area contributed by atoms with Crippen LogP contribution < -0.4 is 16.0 Å². The Morgan fingerprint density at radius 3 is 2.70 bits per heavy atom. The Morgan fingerprint density at radius 2 is 2.09 bits per heavy atom. The van der Waals surface area contributed by atoms with Gasteiger partial charge in [0.05, 0.1) is 13.7 Å². The van der Waals surface area contributed by atoms with Crippen LogP contribution in [0.5, 0.6) is 5.75 Å². The first-order chi connectivity index (χ1) is 10.9. The van der Waals surface area contributed by atoms with Gasteiger partial charge in [0.25, 0.3) is 5.56 Å². The van der Waals surface area contributed by atoms with E-state index in [0.717, 1.165) is 14.7 Å². The fraction of sp³-hybridized carbons (Fsp3) is 0.312. The lowest BCUT2D eigenvalue weighted by molar-refractivity contribution is 0.148. The number of hydrogen-bond donors (Lipinski definition) is 1. The number of aliphatic hydroxyl groups excluding tert-OH is 1. The molecule has 0 aliphatic heterocycles. The van der Waals surface area contributed by atoms with E-state index in [1.54, 1.807) is 18.2 Å².